The van der Waals surface area contributed by atoms with Crippen molar-refractivity contribution in [2.45, 2.75) is 6.42 Å². The molecule has 0 aliphatic carbocycles. The predicted molar refractivity (Wildman–Crippen MR) is 98.5 cm³/mol. The van der Waals surface area contributed by atoms with E-state index >= 15 is 0 Å². The third-order valence-electron chi connectivity index (χ3n) is 3.61. The van der Waals surface area contributed by atoms with E-state index in [2.05, 4.69) is 0 Å². The van der Waals surface area contributed by atoms with Crippen molar-refractivity contribution < 1.29 is 19.0 Å². The highest BCUT2D eigenvalue weighted by molar-refractivity contribution is 5.87. The monoisotopic (exact) mass is 342 g/mol. The van der Waals surface area contributed by atoms with E-state index in [4.69, 9.17) is 25.7 Å². The summed E-state index contributed by atoms with van der Waals surface area (Å²) in [4.78, 5) is 11.8. The Morgan fingerprint density at radius 3 is 2.48 bits per heavy atom. The molecule has 0 spiro atoms. The first-order valence-electron chi connectivity index (χ1n) is 7.74. The molecule has 0 atom stereocenters. The molecule has 0 aliphatic rings. The van der Waals surface area contributed by atoms with E-state index in [9.17, 15) is 4.79 Å². The van der Waals surface area contributed by atoms with Gasteiger partial charge >= 0.3 is 5.97 Å². The molecule has 6 heteroatoms. The Bertz CT molecular complexity index is 772. The molecule has 0 saturated carbocycles. The van der Waals surface area contributed by atoms with Crippen molar-refractivity contribution in [3.05, 3.63) is 53.6 Å². The van der Waals surface area contributed by atoms with Crippen LogP contribution in [0.25, 0.3) is 6.08 Å². The molecule has 2 aromatic carbocycles. The summed E-state index contributed by atoms with van der Waals surface area (Å²) in [5, 5.41) is 0. The average Bonchev–Trinajstić information content (AvgIpc) is 2.61. The zero-order valence-electron chi connectivity index (χ0n) is 14.3. The first-order valence-corrected chi connectivity index (χ1v) is 7.74. The smallest absolute Gasteiger partial charge is 0.330 e. The van der Waals surface area contributed by atoms with Crippen LogP contribution in [0.3, 0.4) is 0 Å². The van der Waals surface area contributed by atoms with Crippen LogP contribution in [0, 0.1) is 0 Å². The van der Waals surface area contributed by atoms with Crippen molar-refractivity contribution >= 4 is 23.4 Å². The molecule has 0 aliphatic heterocycles. The normalized spacial score (nSPS) is 10.6. The number of ether oxygens (including phenoxy) is 3. The summed E-state index contributed by atoms with van der Waals surface area (Å²) in [5.74, 6) is 0.795. The molecular weight excluding hydrogens is 320 g/mol. The van der Waals surface area contributed by atoms with Gasteiger partial charge in [0.25, 0.3) is 0 Å². The molecule has 0 fully saturated rings. The Morgan fingerprint density at radius 1 is 1.04 bits per heavy atom. The Hall–Kier alpha value is -3.15. The number of hydrogen-bond acceptors (Lipinski definition) is 6. The first-order chi connectivity index (χ1) is 12.0. The van der Waals surface area contributed by atoms with E-state index in [1.807, 2.05) is 12.1 Å². The van der Waals surface area contributed by atoms with Crippen molar-refractivity contribution in [1.29, 1.82) is 0 Å². The third kappa shape index (κ3) is 5.17. The number of anilines is 2. The summed E-state index contributed by atoms with van der Waals surface area (Å²) >= 11 is 0. The first kappa shape index (κ1) is 18.2. The van der Waals surface area contributed by atoms with Crippen LogP contribution in [0.1, 0.15) is 11.1 Å². The molecule has 0 aromatic heterocycles. The SMILES string of the molecule is COc1ccc(/C=C/C(=O)OCCc2ccc(N)cc2N)cc1OC. The van der Waals surface area contributed by atoms with Crippen LogP contribution in [0.5, 0.6) is 11.5 Å². The Labute approximate surface area is 147 Å². The summed E-state index contributed by atoms with van der Waals surface area (Å²) in [5.41, 5.74) is 14.4. The molecule has 2 rings (SSSR count). The summed E-state index contributed by atoms with van der Waals surface area (Å²) in [6, 6.07) is 10.7. The van der Waals surface area contributed by atoms with Crippen molar-refractivity contribution in [3.8, 4) is 11.5 Å². The van der Waals surface area contributed by atoms with Gasteiger partial charge in [0, 0.05) is 23.9 Å². The quantitative estimate of drug-likeness (QED) is 0.456. The van der Waals surface area contributed by atoms with Gasteiger partial charge in [-0.3, -0.25) is 0 Å². The number of benzene rings is 2. The van der Waals surface area contributed by atoms with Gasteiger partial charge in [-0.2, -0.15) is 0 Å². The second-order valence-corrected chi connectivity index (χ2v) is 5.32. The maximum absolute atomic E-state index is 11.8. The van der Waals surface area contributed by atoms with Crippen molar-refractivity contribution in [2.75, 3.05) is 32.3 Å². The molecular formula is C19H22N2O4. The average molecular weight is 342 g/mol. The van der Waals surface area contributed by atoms with E-state index in [0.29, 0.717) is 29.3 Å². The van der Waals surface area contributed by atoms with Gasteiger partial charge in [0.05, 0.1) is 20.8 Å². The van der Waals surface area contributed by atoms with E-state index in [0.717, 1.165) is 11.1 Å². The molecule has 6 nitrogen and oxygen atoms in total. The van der Waals surface area contributed by atoms with Gasteiger partial charge in [-0.05, 0) is 41.5 Å². The zero-order chi connectivity index (χ0) is 18.2. The second-order valence-electron chi connectivity index (χ2n) is 5.32. The van der Waals surface area contributed by atoms with E-state index in [1.165, 1.54) is 6.08 Å². The fourth-order valence-corrected chi connectivity index (χ4v) is 2.27. The minimum Gasteiger partial charge on any atom is -0.493 e. The number of rotatable bonds is 7. The number of hydrogen-bond donors (Lipinski definition) is 2. The summed E-state index contributed by atoms with van der Waals surface area (Å²) < 4.78 is 15.6. The molecule has 2 aromatic rings. The highest BCUT2D eigenvalue weighted by Crippen LogP contribution is 2.27. The van der Waals surface area contributed by atoms with Gasteiger partial charge in [-0.1, -0.05) is 12.1 Å². The fraction of sp³-hybridized carbons (Fsp3) is 0.211. The van der Waals surface area contributed by atoms with Gasteiger partial charge in [-0.15, -0.1) is 0 Å². The molecule has 25 heavy (non-hydrogen) atoms. The van der Waals surface area contributed by atoms with Gasteiger partial charge < -0.3 is 25.7 Å². The lowest BCUT2D eigenvalue weighted by Gasteiger charge is -2.08. The lowest BCUT2D eigenvalue weighted by Crippen LogP contribution is -2.06. The van der Waals surface area contributed by atoms with Gasteiger partial charge in [0.15, 0.2) is 11.5 Å². The van der Waals surface area contributed by atoms with Crippen LogP contribution in [0.15, 0.2) is 42.5 Å². The van der Waals surface area contributed by atoms with E-state index < -0.39 is 5.97 Å². The van der Waals surface area contributed by atoms with Crippen molar-refractivity contribution in [2.24, 2.45) is 0 Å². The Kier molecular flexibility index (Phi) is 6.28. The minimum atomic E-state index is -0.427. The number of carbonyl (C=O) groups is 1. The van der Waals surface area contributed by atoms with Crippen LogP contribution in [-0.2, 0) is 16.0 Å². The molecule has 0 amide bonds. The molecule has 0 radical (unpaired) electrons. The summed E-state index contributed by atoms with van der Waals surface area (Å²) in [7, 11) is 3.13. The number of nitrogens with two attached hydrogens (primary N) is 2. The lowest BCUT2D eigenvalue weighted by atomic mass is 10.1. The topological polar surface area (TPSA) is 96.8 Å². The molecule has 0 unspecified atom stereocenters. The largest absolute Gasteiger partial charge is 0.493 e. The Balaban J connectivity index is 1.88. The van der Waals surface area contributed by atoms with E-state index in [1.54, 1.807) is 44.6 Å². The minimum absolute atomic E-state index is 0.239. The number of carbonyl (C=O) groups excluding carboxylic acids is 1. The highest BCUT2D eigenvalue weighted by Gasteiger charge is 2.04. The molecule has 132 valence electrons. The molecule has 0 bridgehead atoms. The number of esters is 1. The van der Waals surface area contributed by atoms with Gasteiger partial charge in [-0.25, -0.2) is 4.79 Å². The van der Waals surface area contributed by atoms with Gasteiger partial charge in [0.1, 0.15) is 0 Å². The van der Waals surface area contributed by atoms with E-state index in [-0.39, 0.29) is 6.61 Å². The molecule has 0 heterocycles. The maximum Gasteiger partial charge on any atom is 0.330 e. The van der Waals surface area contributed by atoms with Crippen LogP contribution in [0.2, 0.25) is 0 Å². The summed E-state index contributed by atoms with van der Waals surface area (Å²) in [6.45, 7) is 0.239. The maximum atomic E-state index is 11.8. The fourth-order valence-electron chi connectivity index (χ4n) is 2.27. The molecule has 0 saturated heterocycles. The zero-order valence-corrected chi connectivity index (χ0v) is 14.3. The standard InChI is InChI=1S/C19H22N2O4/c1-23-17-7-3-13(11-18(17)24-2)4-8-19(22)25-10-9-14-5-6-15(20)12-16(14)21/h3-8,11-12H,9-10,20-21H2,1-2H3/b8-4+. The lowest BCUT2D eigenvalue weighted by molar-refractivity contribution is -0.137. The predicted octanol–water partition coefficient (Wildman–Crippen LogP) is 2.67. The molecule has 4 N–H and O–H groups in total. The van der Waals surface area contributed by atoms with Crippen LogP contribution >= 0.6 is 0 Å². The van der Waals surface area contributed by atoms with Crippen LogP contribution in [0.4, 0.5) is 11.4 Å². The van der Waals surface area contributed by atoms with Crippen LogP contribution in [-0.4, -0.2) is 26.8 Å². The number of methoxy groups -OCH3 is 2. The second kappa shape index (κ2) is 8.63. The number of nitrogen functional groups attached to an aromatic ring is 2. The Morgan fingerprint density at radius 2 is 1.80 bits per heavy atom. The third-order valence-corrected chi connectivity index (χ3v) is 3.61. The van der Waals surface area contributed by atoms with Crippen molar-refractivity contribution in [3.63, 3.8) is 0 Å². The van der Waals surface area contributed by atoms with Crippen molar-refractivity contribution in [1.82, 2.24) is 0 Å². The van der Waals surface area contributed by atoms with Crippen LogP contribution < -0.4 is 20.9 Å². The van der Waals surface area contributed by atoms with Gasteiger partial charge in [0.2, 0.25) is 0 Å². The highest BCUT2D eigenvalue weighted by atomic mass is 16.5. The summed E-state index contributed by atoms with van der Waals surface area (Å²) in [6.07, 6.45) is 3.55.